The predicted octanol–water partition coefficient (Wildman–Crippen LogP) is 4.29. The minimum atomic E-state index is -5.02. The first kappa shape index (κ1) is 28.9. The van der Waals surface area contributed by atoms with Crippen molar-refractivity contribution in [2.45, 2.75) is 45.1 Å². The number of benzene rings is 2. The van der Waals surface area contributed by atoms with Crippen LogP contribution in [-0.2, 0) is 24.3 Å². The number of likely N-dealkylation sites (N-methyl/N-ethyl adjacent to an activating group) is 1. The van der Waals surface area contributed by atoms with Crippen LogP contribution in [0.4, 0.5) is 41.1 Å². The van der Waals surface area contributed by atoms with Crippen LogP contribution in [0.1, 0.15) is 40.3 Å². The largest absolute Gasteiger partial charge is 0.471 e. The molecule has 226 valence electrons. The Morgan fingerprint density at radius 1 is 1.12 bits per heavy atom. The van der Waals surface area contributed by atoms with Crippen LogP contribution in [-0.4, -0.2) is 76.3 Å². The van der Waals surface area contributed by atoms with E-state index in [9.17, 15) is 27.9 Å². The molecule has 10 nitrogen and oxygen atoms in total. The molecule has 3 amide bonds. The summed E-state index contributed by atoms with van der Waals surface area (Å²) in [5.74, 6) is -1.27. The average Bonchev–Trinajstić information content (AvgIpc) is 2.97. The van der Waals surface area contributed by atoms with Crippen LogP contribution in [0.2, 0.25) is 0 Å². The molecule has 0 unspecified atom stereocenters. The minimum Gasteiger partial charge on any atom is -0.395 e. The van der Waals surface area contributed by atoms with Gasteiger partial charge < -0.3 is 25.1 Å². The lowest BCUT2D eigenvalue weighted by molar-refractivity contribution is -0.170. The molecular formula is C30H32F3N7O3. The Morgan fingerprint density at radius 3 is 2.70 bits per heavy atom. The summed E-state index contributed by atoms with van der Waals surface area (Å²) in [6, 6.07) is 10.1. The second-order valence-electron chi connectivity index (χ2n) is 11.2. The van der Waals surface area contributed by atoms with Crippen LogP contribution in [0, 0.1) is 6.92 Å². The summed E-state index contributed by atoms with van der Waals surface area (Å²) in [4.78, 5) is 41.3. The summed E-state index contributed by atoms with van der Waals surface area (Å²) in [5.41, 5.74) is 5.12. The van der Waals surface area contributed by atoms with Crippen molar-refractivity contribution in [3.8, 4) is 0 Å². The van der Waals surface area contributed by atoms with E-state index in [1.54, 1.807) is 36.2 Å². The van der Waals surface area contributed by atoms with Crippen LogP contribution in [0.5, 0.6) is 0 Å². The van der Waals surface area contributed by atoms with Gasteiger partial charge in [0.25, 0.3) is 0 Å². The van der Waals surface area contributed by atoms with E-state index in [0.717, 1.165) is 30.1 Å². The lowest BCUT2D eigenvalue weighted by Crippen LogP contribution is -2.52. The van der Waals surface area contributed by atoms with Gasteiger partial charge in [-0.15, -0.1) is 0 Å². The van der Waals surface area contributed by atoms with Crippen LogP contribution in [0.15, 0.2) is 42.6 Å². The molecule has 0 radical (unpaired) electrons. The molecular weight excluding hydrogens is 563 g/mol. The van der Waals surface area contributed by atoms with Gasteiger partial charge in [0.15, 0.2) is 0 Å². The number of hydrogen-bond acceptors (Lipinski definition) is 7. The number of urea groups is 1. The fourth-order valence-corrected chi connectivity index (χ4v) is 6.26. The molecule has 13 heteroatoms. The maximum absolute atomic E-state index is 13.9. The maximum Gasteiger partial charge on any atom is 0.471 e. The number of aryl methyl sites for hydroxylation is 1. The number of fused-ring (bicyclic) bond motifs is 3. The highest BCUT2D eigenvalue weighted by Gasteiger charge is 2.47. The number of aliphatic hydroxyl groups excluding tert-OH is 1. The fourth-order valence-electron chi connectivity index (χ4n) is 6.26. The summed E-state index contributed by atoms with van der Waals surface area (Å²) in [7, 11) is 2.09. The molecule has 3 aliphatic heterocycles. The number of alkyl halides is 3. The number of carbonyl (C=O) groups is 2. The summed E-state index contributed by atoms with van der Waals surface area (Å²) >= 11 is 0. The number of nitrogens with zero attached hydrogens (tertiary/aromatic N) is 6. The van der Waals surface area contributed by atoms with Gasteiger partial charge in [-0.1, -0.05) is 24.3 Å². The van der Waals surface area contributed by atoms with Crippen molar-refractivity contribution in [1.82, 2.24) is 19.8 Å². The van der Waals surface area contributed by atoms with E-state index in [0.29, 0.717) is 28.5 Å². The first-order valence-corrected chi connectivity index (χ1v) is 14.2. The van der Waals surface area contributed by atoms with Gasteiger partial charge in [0.1, 0.15) is 5.82 Å². The van der Waals surface area contributed by atoms with Gasteiger partial charge in [0, 0.05) is 37.1 Å². The normalized spacial score (nSPS) is 18.7. The molecule has 0 aliphatic carbocycles. The monoisotopic (exact) mass is 595 g/mol. The number of carbonyl (C=O) groups excluding carboxylic acids is 2. The Morgan fingerprint density at radius 2 is 1.93 bits per heavy atom. The van der Waals surface area contributed by atoms with Crippen molar-refractivity contribution < 1.29 is 27.9 Å². The Kier molecular flexibility index (Phi) is 7.46. The Balaban J connectivity index is 1.30. The molecule has 1 atom stereocenters. The standard InChI is InChI=1S/C30H32F3N7O3/c1-18-4-3-5-23-24(9-11-38(25(18)23)27(42)30(31,32)33)40-17-21-15-34-28(36-26(21)39(12-13-41)29(40)43)35-22-7-6-20-16-37(2)10-8-19(20)14-22/h3-7,14-15,24,41H,8-13,16-17H2,1-2H3,(H,34,35,36)/t24-/m0/s1. The van der Waals surface area contributed by atoms with Crippen molar-refractivity contribution in [3.63, 3.8) is 0 Å². The number of nitrogens with one attached hydrogen (secondary N) is 1. The van der Waals surface area contributed by atoms with Gasteiger partial charge in [0.05, 0.1) is 31.4 Å². The van der Waals surface area contributed by atoms with Crippen molar-refractivity contribution in [1.29, 1.82) is 0 Å². The molecule has 0 bridgehead atoms. The lowest BCUT2D eigenvalue weighted by Gasteiger charge is -2.44. The van der Waals surface area contributed by atoms with Gasteiger partial charge in [-0.2, -0.15) is 18.2 Å². The summed E-state index contributed by atoms with van der Waals surface area (Å²) in [6.07, 6.45) is -2.35. The number of para-hydroxylation sites is 1. The van der Waals surface area contributed by atoms with E-state index in [1.807, 2.05) is 6.07 Å². The Labute approximate surface area is 246 Å². The summed E-state index contributed by atoms with van der Waals surface area (Å²) in [6.45, 7) is 3.08. The number of aliphatic hydroxyl groups is 1. The Bertz CT molecular complexity index is 1580. The predicted molar refractivity (Wildman–Crippen MR) is 154 cm³/mol. The zero-order valence-corrected chi connectivity index (χ0v) is 23.9. The van der Waals surface area contributed by atoms with Crippen LogP contribution in [0.25, 0.3) is 0 Å². The molecule has 0 spiro atoms. The van der Waals surface area contributed by atoms with E-state index in [4.69, 9.17) is 0 Å². The topological polar surface area (TPSA) is 105 Å². The number of amides is 3. The summed E-state index contributed by atoms with van der Waals surface area (Å²) < 4.78 is 40.3. The number of rotatable bonds is 5. The van der Waals surface area contributed by atoms with Crippen molar-refractivity contribution in [2.75, 3.05) is 48.4 Å². The zero-order valence-electron chi connectivity index (χ0n) is 23.9. The highest BCUT2D eigenvalue weighted by Crippen LogP contribution is 2.43. The molecule has 3 aromatic rings. The van der Waals surface area contributed by atoms with E-state index in [2.05, 4.69) is 39.4 Å². The molecule has 4 heterocycles. The SMILES string of the molecule is Cc1cccc2c1N(C(=O)C(F)(F)F)CC[C@@H]2N1Cc2cnc(Nc3ccc4c(c3)CCN(C)C4)nc2N(CCO)C1=O. The van der Waals surface area contributed by atoms with Crippen LogP contribution < -0.4 is 15.1 Å². The number of halogens is 3. The number of β-amino-alcohol motifs (C(OH)–C–C–N with tert-alkyl or cyclic N) is 1. The first-order valence-electron chi connectivity index (χ1n) is 14.2. The van der Waals surface area contributed by atoms with Crippen molar-refractivity contribution in [3.05, 3.63) is 70.4 Å². The van der Waals surface area contributed by atoms with Crippen LogP contribution >= 0.6 is 0 Å². The summed E-state index contributed by atoms with van der Waals surface area (Å²) in [5, 5.41) is 13.1. The van der Waals surface area contributed by atoms with Gasteiger partial charge in [0.2, 0.25) is 5.95 Å². The third-order valence-electron chi connectivity index (χ3n) is 8.29. The molecule has 2 aromatic carbocycles. The van der Waals surface area contributed by atoms with E-state index in [-0.39, 0.29) is 38.3 Å². The molecule has 6 rings (SSSR count). The second-order valence-corrected chi connectivity index (χ2v) is 11.2. The van der Waals surface area contributed by atoms with E-state index < -0.39 is 24.2 Å². The number of hydrogen-bond donors (Lipinski definition) is 2. The second kappa shape index (κ2) is 11.1. The average molecular weight is 596 g/mol. The van der Waals surface area contributed by atoms with E-state index in [1.165, 1.54) is 16.0 Å². The molecule has 2 N–H and O–H groups in total. The molecule has 3 aliphatic rings. The molecule has 0 saturated heterocycles. The lowest BCUT2D eigenvalue weighted by atomic mass is 9.91. The molecule has 1 aromatic heterocycles. The van der Waals surface area contributed by atoms with Gasteiger partial charge >= 0.3 is 18.1 Å². The van der Waals surface area contributed by atoms with E-state index >= 15 is 0 Å². The maximum atomic E-state index is 13.9. The quantitative estimate of drug-likeness (QED) is 0.454. The molecule has 0 fully saturated rings. The number of aromatic nitrogens is 2. The van der Waals surface area contributed by atoms with Crippen molar-refractivity contribution >= 4 is 35.1 Å². The third kappa shape index (κ3) is 5.38. The third-order valence-corrected chi connectivity index (χ3v) is 8.29. The van der Waals surface area contributed by atoms with Gasteiger partial charge in [-0.25, -0.2) is 9.78 Å². The van der Waals surface area contributed by atoms with Gasteiger partial charge in [-0.05, 0) is 61.2 Å². The van der Waals surface area contributed by atoms with Crippen molar-refractivity contribution in [2.24, 2.45) is 0 Å². The first-order chi connectivity index (χ1) is 20.5. The molecule has 43 heavy (non-hydrogen) atoms. The smallest absolute Gasteiger partial charge is 0.395 e. The number of anilines is 4. The highest BCUT2D eigenvalue weighted by molar-refractivity contribution is 6.00. The zero-order chi connectivity index (χ0) is 30.5. The minimum absolute atomic E-state index is 0.0305. The van der Waals surface area contributed by atoms with Gasteiger partial charge in [-0.3, -0.25) is 9.69 Å². The van der Waals surface area contributed by atoms with Crippen LogP contribution in [0.3, 0.4) is 0 Å². The molecule has 0 saturated carbocycles. The fraction of sp³-hybridized carbons (Fsp3) is 0.400. The highest BCUT2D eigenvalue weighted by atomic mass is 19.4. The Hall–Kier alpha value is -4.23.